The summed E-state index contributed by atoms with van der Waals surface area (Å²) in [6, 6.07) is 4.93. The first-order chi connectivity index (χ1) is 6.58. The van der Waals surface area contributed by atoms with Crippen molar-refractivity contribution >= 4 is 34.1 Å². The monoisotopic (exact) mass is 227 g/mol. The molecule has 0 saturated carbocycles. The van der Waals surface area contributed by atoms with Crippen LogP contribution in [0.4, 0.5) is 0 Å². The van der Waals surface area contributed by atoms with Gasteiger partial charge in [-0.15, -0.1) is 0 Å². The summed E-state index contributed by atoms with van der Waals surface area (Å²) in [5, 5.41) is 11.1. The molecule has 0 aliphatic heterocycles. The number of fused-ring (bicyclic) bond motifs is 1. The van der Waals surface area contributed by atoms with Gasteiger partial charge in [0.25, 0.3) is 0 Å². The maximum Gasteiger partial charge on any atom is 0.131 e. The Labute approximate surface area is 91.1 Å². The van der Waals surface area contributed by atoms with Gasteiger partial charge in [0.05, 0.1) is 10.5 Å². The summed E-state index contributed by atoms with van der Waals surface area (Å²) in [7, 11) is 0. The van der Waals surface area contributed by atoms with Gasteiger partial charge in [-0.1, -0.05) is 23.2 Å². The van der Waals surface area contributed by atoms with Crippen molar-refractivity contribution in [1.29, 1.82) is 0 Å². The Morgan fingerprint density at radius 3 is 2.64 bits per heavy atom. The molecule has 72 valence electrons. The van der Waals surface area contributed by atoms with E-state index in [0.29, 0.717) is 15.7 Å². The third-order valence-corrected chi connectivity index (χ3v) is 2.55. The maximum absolute atomic E-state index is 9.47. The molecule has 1 aromatic carbocycles. The van der Waals surface area contributed by atoms with Crippen molar-refractivity contribution in [2.75, 3.05) is 0 Å². The van der Waals surface area contributed by atoms with E-state index in [2.05, 4.69) is 4.98 Å². The molecule has 1 aromatic heterocycles. The molecule has 0 fully saturated rings. The zero-order valence-electron chi connectivity index (χ0n) is 7.38. The van der Waals surface area contributed by atoms with E-state index < -0.39 is 0 Å². The highest BCUT2D eigenvalue weighted by molar-refractivity contribution is 6.37. The SMILES string of the molecule is Cc1cc2c(Cl)cc(Cl)nc2cc1O. The average molecular weight is 228 g/mol. The van der Waals surface area contributed by atoms with Crippen LogP contribution in [0.25, 0.3) is 10.9 Å². The second-order valence-electron chi connectivity index (χ2n) is 3.08. The van der Waals surface area contributed by atoms with Gasteiger partial charge in [-0.05, 0) is 24.6 Å². The molecule has 14 heavy (non-hydrogen) atoms. The van der Waals surface area contributed by atoms with Gasteiger partial charge in [0.2, 0.25) is 0 Å². The van der Waals surface area contributed by atoms with Crippen LogP contribution in [0.1, 0.15) is 5.56 Å². The number of phenols is 1. The average Bonchev–Trinajstić information content (AvgIpc) is 2.08. The van der Waals surface area contributed by atoms with Crippen molar-refractivity contribution in [2.24, 2.45) is 0 Å². The number of aryl methyl sites for hydroxylation is 1. The molecule has 1 N–H and O–H groups in total. The highest BCUT2D eigenvalue weighted by Crippen LogP contribution is 2.29. The van der Waals surface area contributed by atoms with Crippen molar-refractivity contribution < 1.29 is 5.11 Å². The largest absolute Gasteiger partial charge is 0.508 e. The van der Waals surface area contributed by atoms with Crippen LogP contribution in [0.15, 0.2) is 18.2 Å². The predicted octanol–water partition coefficient (Wildman–Crippen LogP) is 3.56. The highest BCUT2D eigenvalue weighted by Gasteiger charge is 2.05. The lowest BCUT2D eigenvalue weighted by atomic mass is 10.1. The van der Waals surface area contributed by atoms with Crippen molar-refractivity contribution in [3.8, 4) is 5.75 Å². The highest BCUT2D eigenvalue weighted by atomic mass is 35.5. The van der Waals surface area contributed by atoms with E-state index in [1.165, 1.54) is 0 Å². The standard InChI is InChI=1S/C10H7Cl2NO/c1-5-2-6-7(11)3-10(12)13-8(6)4-9(5)14/h2-4,14H,1H3. The number of pyridine rings is 1. The van der Waals surface area contributed by atoms with Crippen LogP contribution >= 0.6 is 23.2 Å². The van der Waals surface area contributed by atoms with Gasteiger partial charge in [0.15, 0.2) is 0 Å². The Morgan fingerprint density at radius 2 is 1.93 bits per heavy atom. The Bertz CT molecular complexity index is 511. The van der Waals surface area contributed by atoms with Gasteiger partial charge >= 0.3 is 0 Å². The Kier molecular flexibility index (Phi) is 2.25. The Balaban J connectivity index is 2.89. The molecule has 4 heteroatoms. The van der Waals surface area contributed by atoms with E-state index in [1.807, 2.05) is 0 Å². The molecule has 0 bridgehead atoms. The number of aromatic hydroxyl groups is 1. The Hall–Kier alpha value is -0.990. The molecule has 0 aliphatic rings. The van der Waals surface area contributed by atoms with Crippen LogP contribution in [0, 0.1) is 6.92 Å². The fourth-order valence-corrected chi connectivity index (χ4v) is 1.81. The van der Waals surface area contributed by atoms with Crippen molar-refractivity contribution in [2.45, 2.75) is 6.92 Å². The first-order valence-corrected chi connectivity index (χ1v) is 4.79. The van der Waals surface area contributed by atoms with Gasteiger partial charge in [0, 0.05) is 11.5 Å². The molecular weight excluding hydrogens is 221 g/mol. The van der Waals surface area contributed by atoms with Crippen molar-refractivity contribution in [3.05, 3.63) is 33.9 Å². The molecule has 2 nitrogen and oxygen atoms in total. The maximum atomic E-state index is 9.47. The number of nitrogens with zero attached hydrogens (tertiary/aromatic N) is 1. The lowest BCUT2D eigenvalue weighted by molar-refractivity contribution is 0.472. The number of rotatable bonds is 0. The van der Waals surface area contributed by atoms with Gasteiger partial charge in [-0.2, -0.15) is 0 Å². The lowest BCUT2D eigenvalue weighted by Gasteiger charge is -2.04. The van der Waals surface area contributed by atoms with Crippen LogP contribution in [0.2, 0.25) is 10.2 Å². The van der Waals surface area contributed by atoms with E-state index in [9.17, 15) is 5.11 Å². The second kappa shape index (κ2) is 3.30. The minimum Gasteiger partial charge on any atom is -0.508 e. The Morgan fingerprint density at radius 1 is 1.21 bits per heavy atom. The van der Waals surface area contributed by atoms with Crippen LogP contribution in [-0.2, 0) is 0 Å². The van der Waals surface area contributed by atoms with Crippen LogP contribution in [-0.4, -0.2) is 10.1 Å². The molecular formula is C10H7Cl2NO. The summed E-state index contributed by atoms with van der Waals surface area (Å²) >= 11 is 11.7. The summed E-state index contributed by atoms with van der Waals surface area (Å²) < 4.78 is 0. The van der Waals surface area contributed by atoms with Crippen LogP contribution < -0.4 is 0 Å². The van der Waals surface area contributed by atoms with Crippen molar-refractivity contribution in [3.63, 3.8) is 0 Å². The third-order valence-electron chi connectivity index (χ3n) is 2.04. The molecule has 2 aromatic rings. The van der Waals surface area contributed by atoms with Gasteiger partial charge in [0.1, 0.15) is 10.9 Å². The van der Waals surface area contributed by atoms with Gasteiger partial charge in [-0.3, -0.25) is 0 Å². The predicted molar refractivity (Wildman–Crippen MR) is 58.2 cm³/mol. The number of hydrogen-bond acceptors (Lipinski definition) is 2. The van der Waals surface area contributed by atoms with E-state index in [4.69, 9.17) is 23.2 Å². The fourth-order valence-electron chi connectivity index (χ4n) is 1.30. The van der Waals surface area contributed by atoms with Crippen LogP contribution in [0.5, 0.6) is 5.75 Å². The second-order valence-corrected chi connectivity index (χ2v) is 3.88. The van der Waals surface area contributed by atoms with Crippen LogP contribution in [0.3, 0.4) is 0 Å². The smallest absolute Gasteiger partial charge is 0.131 e. The quantitative estimate of drug-likeness (QED) is 0.699. The summed E-state index contributed by atoms with van der Waals surface area (Å²) in [5.74, 6) is 0.198. The molecule has 0 amide bonds. The van der Waals surface area contributed by atoms with E-state index in [-0.39, 0.29) is 5.75 Å². The summed E-state index contributed by atoms with van der Waals surface area (Å²) in [5.41, 5.74) is 1.37. The summed E-state index contributed by atoms with van der Waals surface area (Å²) in [6.07, 6.45) is 0. The lowest BCUT2D eigenvalue weighted by Crippen LogP contribution is -1.83. The molecule has 0 saturated heterocycles. The normalized spacial score (nSPS) is 10.8. The van der Waals surface area contributed by atoms with E-state index >= 15 is 0 Å². The summed E-state index contributed by atoms with van der Waals surface area (Å²) in [4.78, 5) is 4.06. The van der Waals surface area contributed by atoms with Gasteiger partial charge in [-0.25, -0.2) is 4.98 Å². The fraction of sp³-hybridized carbons (Fsp3) is 0.100. The van der Waals surface area contributed by atoms with E-state index in [1.54, 1.807) is 25.1 Å². The molecule has 0 unspecified atom stereocenters. The van der Waals surface area contributed by atoms with Gasteiger partial charge < -0.3 is 5.11 Å². The molecule has 1 heterocycles. The van der Waals surface area contributed by atoms with E-state index in [0.717, 1.165) is 10.9 Å². The number of benzene rings is 1. The zero-order valence-corrected chi connectivity index (χ0v) is 8.89. The first kappa shape index (κ1) is 9.56. The zero-order chi connectivity index (χ0) is 10.3. The van der Waals surface area contributed by atoms with Crippen molar-refractivity contribution in [1.82, 2.24) is 4.98 Å². The molecule has 0 atom stereocenters. The minimum absolute atomic E-state index is 0.198. The number of aromatic nitrogens is 1. The first-order valence-electron chi connectivity index (χ1n) is 4.03. The molecule has 0 spiro atoms. The summed E-state index contributed by atoms with van der Waals surface area (Å²) in [6.45, 7) is 1.81. The number of halogens is 2. The molecule has 2 rings (SSSR count). The topological polar surface area (TPSA) is 33.1 Å². The molecule has 0 radical (unpaired) electrons. The minimum atomic E-state index is 0.198. The third kappa shape index (κ3) is 1.51. The number of hydrogen-bond donors (Lipinski definition) is 1. The molecule has 0 aliphatic carbocycles. The number of phenolic OH excluding ortho intramolecular Hbond substituents is 1.